The lowest BCUT2D eigenvalue weighted by atomic mass is 9.96. The summed E-state index contributed by atoms with van der Waals surface area (Å²) in [6.07, 6.45) is 1.48. The highest BCUT2D eigenvalue weighted by Gasteiger charge is 2.27. The monoisotopic (exact) mass is 372 g/mol. The van der Waals surface area contributed by atoms with Crippen LogP contribution in [-0.2, 0) is 9.59 Å². The lowest BCUT2D eigenvalue weighted by Gasteiger charge is -2.15. The third kappa shape index (κ3) is 3.36. The summed E-state index contributed by atoms with van der Waals surface area (Å²) in [5, 5.41) is 12.1. The SMILES string of the molecule is CC1=C(C#N)C(=O)NC(=O)/C1=C\c1ccc(-c2cc(Cl)cc(Cl)c2)o1. The van der Waals surface area contributed by atoms with Crippen molar-refractivity contribution in [2.75, 3.05) is 0 Å². The minimum atomic E-state index is -0.698. The Bertz CT molecular complexity index is 989. The lowest BCUT2D eigenvalue weighted by molar-refractivity contribution is -0.126. The fourth-order valence-electron chi connectivity index (χ4n) is 2.44. The Hall–Kier alpha value is -2.81. The Kier molecular flexibility index (Phi) is 4.49. The van der Waals surface area contributed by atoms with Crippen LogP contribution in [0.4, 0.5) is 0 Å². The van der Waals surface area contributed by atoms with Crippen LogP contribution in [-0.4, -0.2) is 11.8 Å². The fourth-order valence-corrected chi connectivity index (χ4v) is 2.97. The van der Waals surface area contributed by atoms with Crippen molar-refractivity contribution in [1.82, 2.24) is 5.32 Å². The molecule has 0 unspecified atom stereocenters. The largest absolute Gasteiger partial charge is 0.457 e. The average Bonchev–Trinajstić information content (AvgIpc) is 2.99. The van der Waals surface area contributed by atoms with Crippen LogP contribution in [0.15, 0.2) is 51.5 Å². The van der Waals surface area contributed by atoms with Gasteiger partial charge < -0.3 is 4.42 Å². The zero-order valence-electron chi connectivity index (χ0n) is 12.9. The molecule has 1 aliphatic rings. The number of carbonyl (C=O) groups excluding carboxylic acids is 2. The van der Waals surface area contributed by atoms with E-state index >= 15 is 0 Å². The van der Waals surface area contributed by atoms with Gasteiger partial charge in [-0.05, 0) is 48.9 Å². The quantitative estimate of drug-likeness (QED) is 0.634. The van der Waals surface area contributed by atoms with Crippen LogP contribution < -0.4 is 5.32 Å². The number of imide groups is 1. The topological polar surface area (TPSA) is 83.1 Å². The van der Waals surface area contributed by atoms with Crippen molar-refractivity contribution in [1.29, 1.82) is 5.26 Å². The third-order valence-corrected chi connectivity index (χ3v) is 4.09. The molecule has 0 radical (unpaired) electrons. The maximum Gasteiger partial charge on any atom is 0.269 e. The van der Waals surface area contributed by atoms with Gasteiger partial charge in [0.1, 0.15) is 23.2 Å². The Labute approximate surface area is 153 Å². The highest BCUT2D eigenvalue weighted by molar-refractivity contribution is 6.35. The third-order valence-electron chi connectivity index (χ3n) is 3.65. The minimum Gasteiger partial charge on any atom is -0.457 e. The summed E-state index contributed by atoms with van der Waals surface area (Å²) in [4.78, 5) is 23.6. The highest BCUT2D eigenvalue weighted by atomic mass is 35.5. The molecule has 0 saturated heterocycles. The molecule has 5 nitrogen and oxygen atoms in total. The minimum absolute atomic E-state index is 0.0979. The molecule has 0 spiro atoms. The van der Waals surface area contributed by atoms with E-state index in [4.69, 9.17) is 32.9 Å². The van der Waals surface area contributed by atoms with Crippen LogP contribution in [0.1, 0.15) is 12.7 Å². The number of nitriles is 1. The molecule has 0 aliphatic carbocycles. The van der Waals surface area contributed by atoms with E-state index in [0.717, 1.165) is 0 Å². The summed E-state index contributed by atoms with van der Waals surface area (Å²) in [5.41, 5.74) is 1.09. The predicted octanol–water partition coefficient (Wildman–Crippen LogP) is 4.13. The van der Waals surface area contributed by atoms with E-state index in [2.05, 4.69) is 5.32 Å². The first kappa shape index (κ1) is 17.0. The molecule has 2 aromatic rings. The van der Waals surface area contributed by atoms with Gasteiger partial charge in [0.25, 0.3) is 11.8 Å². The van der Waals surface area contributed by atoms with E-state index in [0.29, 0.717) is 32.7 Å². The lowest BCUT2D eigenvalue weighted by Crippen LogP contribution is -2.37. The molecular formula is C18H10Cl2N2O3. The van der Waals surface area contributed by atoms with Crippen molar-refractivity contribution in [3.63, 3.8) is 0 Å². The molecule has 0 saturated carbocycles. The van der Waals surface area contributed by atoms with Gasteiger partial charge in [-0.15, -0.1) is 0 Å². The number of rotatable bonds is 2. The molecule has 25 heavy (non-hydrogen) atoms. The molecule has 0 bridgehead atoms. The van der Waals surface area contributed by atoms with Crippen molar-refractivity contribution in [3.05, 3.63) is 62.9 Å². The number of carbonyl (C=O) groups is 2. The molecular weight excluding hydrogens is 363 g/mol. The second kappa shape index (κ2) is 6.60. The Morgan fingerprint density at radius 3 is 2.44 bits per heavy atom. The first-order chi connectivity index (χ1) is 11.9. The van der Waals surface area contributed by atoms with Gasteiger partial charge in [-0.2, -0.15) is 5.26 Å². The van der Waals surface area contributed by atoms with Crippen LogP contribution in [0.25, 0.3) is 17.4 Å². The molecule has 1 aromatic heterocycles. The number of amides is 2. The molecule has 0 fully saturated rings. The van der Waals surface area contributed by atoms with Gasteiger partial charge in [0, 0.05) is 21.2 Å². The van der Waals surface area contributed by atoms with Crippen molar-refractivity contribution >= 4 is 41.1 Å². The number of nitrogens with zero attached hydrogens (tertiary/aromatic N) is 1. The van der Waals surface area contributed by atoms with Crippen molar-refractivity contribution in [2.45, 2.75) is 6.92 Å². The van der Waals surface area contributed by atoms with Gasteiger partial charge in [0.2, 0.25) is 0 Å². The molecule has 1 aliphatic heterocycles. The smallest absolute Gasteiger partial charge is 0.269 e. The Balaban J connectivity index is 2.02. The average molecular weight is 373 g/mol. The molecule has 3 rings (SSSR count). The first-order valence-corrected chi connectivity index (χ1v) is 7.89. The normalized spacial score (nSPS) is 16.2. The maximum absolute atomic E-state index is 12.0. The molecule has 1 aromatic carbocycles. The fraction of sp³-hybridized carbons (Fsp3) is 0.0556. The van der Waals surface area contributed by atoms with Gasteiger partial charge in [0.05, 0.1) is 0 Å². The Morgan fingerprint density at radius 1 is 1.12 bits per heavy atom. The molecule has 7 heteroatoms. The number of halogens is 2. The molecule has 0 atom stereocenters. The maximum atomic E-state index is 12.0. The first-order valence-electron chi connectivity index (χ1n) is 7.14. The van der Waals surface area contributed by atoms with E-state index in [1.165, 1.54) is 6.08 Å². The zero-order chi connectivity index (χ0) is 18.1. The van der Waals surface area contributed by atoms with E-state index in [1.807, 2.05) is 0 Å². The van der Waals surface area contributed by atoms with E-state index in [1.54, 1.807) is 43.3 Å². The summed E-state index contributed by atoms with van der Waals surface area (Å²) < 4.78 is 5.71. The van der Waals surface area contributed by atoms with E-state index < -0.39 is 11.8 Å². The molecule has 1 N–H and O–H groups in total. The summed E-state index contributed by atoms with van der Waals surface area (Å²) in [6.45, 7) is 1.54. The summed E-state index contributed by atoms with van der Waals surface area (Å²) in [6, 6.07) is 10.2. The van der Waals surface area contributed by atoms with E-state index in [9.17, 15) is 9.59 Å². The standard InChI is InChI=1S/C18H10Cl2N2O3/c1-9-14(17(23)22-18(24)15(9)8-21)7-13-2-3-16(25-13)10-4-11(19)6-12(20)5-10/h2-7H,1H3,(H,22,23,24)/b14-7-. The van der Waals surface area contributed by atoms with Crippen LogP contribution in [0.2, 0.25) is 10.0 Å². The summed E-state index contributed by atoms with van der Waals surface area (Å²) in [7, 11) is 0. The van der Waals surface area contributed by atoms with Gasteiger partial charge in [-0.3, -0.25) is 14.9 Å². The highest BCUT2D eigenvalue weighted by Crippen LogP contribution is 2.30. The summed E-state index contributed by atoms with van der Waals surface area (Å²) >= 11 is 12.0. The van der Waals surface area contributed by atoms with Gasteiger partial charge in [-0.1, -0.05) is 23.2 Å². The number of hydrogen-bond acceptors (Lipinski definition) is 4. The molecule has 2 heterocycles. The number of furan rings is 1. The number of benzene rings is 1. The van der Waals surface area contributed by atoms with Crippen molar-refractivity contribution < 1.29 is 14.0 Å². The predicted molar refractivity (Wildman–Crippen MR) is 93.6 cm³/mol. The molecule has 2 amide bonds. The van der Waals surface area contributed by atoms with Crippen LogP contribution >= 0.6 is 23.2 Å². The van der Waals surface area contributed by atoms with E-state index in [-0.39, 0.29) is 11.1 Å². The second-order valence-corrected chi connectivity index (χ2v) is 6.19. The van der Waals surface area contributed by atoms with Gasteiger partial charge in [-0.25, -0.2) is 0 Å². The Morgan fingerprint density at radius 2 is 1.80 bits per heavy atom. The van der Waals surface area contributed by atoms with Crippen LogP contribution in [0, 0.1) is 11.3 Å². The van der Waals surface area contributed by atoms with Crippen LogP contribution in [0.5, 0.6) is 0 Å². The zero-order valence-corrected chi connectivity index (χ0v) is 14.4. The summed E-state index contributed by atoms with van der Waals surface area (Å²) in [5.74, 6) is -0.367. The van der Waals surface area contributed by atoms with Gasteiger partial charge in [0.15, 0.2) is 0 Å². The second-order valence-electron chi connectivity index (χ2n) is 5.31. The van der Waals surface area contributed by atoms with Crippen LogP contribution in [0.3, 0.4) is 0 Å². The number of nitrogens with one attached hydrogen (secondary N) is 1. The van der Waals surface area contributed by atoms with Gasteiger partial charge >= 0.3 is 0 Å². The van der Waals surface area contributed by atoms with Crippen molar-refractivity contribution in [2.24, 2.45) is 0 Å². The number of hydrogen-bond donors (Lipinski definition) is 1. The molecule has 124 valence electrons. The van der Waals surface area contributed by atoms with Crippen molar-refractivity contribution in [3.8, 4) is 17.4 Å².